The van der Waals surface area contributed by atoms with E-state index in [1.807, 2.05) is 0 Å². The highest BCUT2D eigenvalue weighted by atomic mass is 15.2. The first-order valence-corrected chi connectivity index (χ1v) is 9.09. The molecule has 0 saturated heterocycles. The van der Waals surface area contributed by atoms with Gasteiger partial charge in [0, 0.05) is 17.6 Å². The number of nitrogens with one attached hydrogen (secondary N) is 1. The third-order valence-corrected chi connectivity index (χ3v) is 6.02. The molecule has 0 aromatic rings. The molecule has 126 valence electrons. The van der Waals surface area contributed by atoms with E-state index in [-0.39, 0.29) is 5.54 Å². The quantitative estimate of drug-likeness (QED) is 0.765. The minimum absolute atomic E-state index is 0.288. The van der Waals surface area contributed by atoms with E-state index in [4.69, 9.17) is 0 Å². The normalized spacial score (nSPS) is 28.1. The molecule has 0 amide bonds. The van der Waals surface area contributed by atoms with Gasteiger partial charge in [-0.3, -0.25) is 4.90 Å². The van der Waals surface area contributed by atoms with Gasteiger partial charge in [-0.2, -0.15) is 0 Å². The van der Waals surface area contributed by atoms with Gasteiger partial charge < -0.3 is 5.32 Å². The van der Waals surface area contributed by atoms with Crippen molar-refractivity contribution in [1.29, 1.82) is 0 Å². The van der Waals surface area contributed by atoms with Crippen LogP contribution in [0.25, 0.3) is 0 Å². The lowest BCUT2D eigenvalue weighted by atomic mass is 9.69. The van der Waals surface area contributed by atoms with Crippen molar-refractivity contribution in [3.63, 3.8) is 0 Å². The van der Waals surface area contributed by atoms with Crippen LogP contribution in [0, 0.1) is 11.3 Å². The largest absolute Gasteiger partial charge is 0.312 e. The van der Waals surface area contributed by atoms with Crippen molar-refractivity contribution >= 4 is 0 Å². The molecule has 0 bridgehead atoms. The molecule has 21 heavy (non-hydrogen) atoms. The van der Waals surface area contributed by atoms with Crippen molar-refractivity contribution in [3.8, 4) is 0 Å². The Labute approximate surface area is 134 Å². The molecule has 1 rings (SSSR count). The van der Waals surface area contributed by atoms with Gasteiger partial charge in [0.15, 0.2) is 0 Å². The van der Waals surface area contributed by atoms with Gasteiger partial charge in [-0.15, -0.1) is 0 Å². The zero-order chi connectivity index (χ0) is 16.3. The Balaban J connectivity index is 2.87. The predicted molar refractivity (Wildman–Crippen MR) is 94.8 cm³/mol. The Kier molecular flexibility index (Phi) is 6.74. The van der Waals surface area contributed by atoms with Gasteiger partial charge in [0.25, 0.3) is 0 Å². The van der Waals surface area contributed by atoms with E-state index in [0.717, 1.165) is 12.5 Å². The van der Waals surface area contributed by atoms with E-state index in [9.17, 15) is 0 Å². The fraction of sp³-hybridized carbons (Fsp3) is 1.00. The van der Waals surface area contributed by atoms with Gasteiger partial charge in [0.1, 0.15) is 0 Å². The maximum atomic E-state index is 3.83. The minimum atomic E-state index is 0.288. The Hall–Kier alpha value is -0.0800. The van der Waals surface area contributed by atoms with E-state index < -0.39 is 0 Å². The minimum Gasteiger partial charge on any atom is -0.312 e. The number of likely N-dealkylation sites (N-methyl/N-ethyl adjacent to an activating group) is 1. The first-order chi connectivity index (χ1) is 9.63. The standard InChI is InChI=1S/C19H40N2/c1-9-13-20-16-12-11-15(18(3,4)5)14-17(16)21(8)19(6,7)10-2/h15-17,20H,9-14H2,1-8H3. The molecule has 3 atom stereocenters. The molecule has 1 N–H and O–H groups in total. The van der Waals surface area contributed by atoms with Crippen LogP contribution in [0.1, 0.15) is 80.6 Å². The topological polar surface area (TPSA) is 15.3 Å². The first kappa shape index (κ1) is 19.0. The van der Waals surface area contributed by atoms with Crippen LogP contribution in [0.3, 0.4) is 0 Å². The highest BCUT2D eigenvalue weighted by Gasteiger charge is 2.40. The lowest BCUT2D eigenvalue weighted by Gasteiger charge is -2.50. The summed E-state index contributed by atoms with van der Waals surface area (Å²) in [7, 11) is 2.35. The molecule has 1 fully saturated rings. The van der Waals surface area contributed by atoms with Crippen molar-refractivity contribution < 1.29 is 0 Å². The molecule has 1 aliphatic carbocycles. The van der Waals surface area contributed by atoms with Crippen LogP contribution >= 0.6 is 0 Å². The molecule has 1 saturated carbocycles. The van der Waals surface area contributed by atoms with E-state index in [1.165, 1.54) is 32.1 Å². The fourth-order valence-corrected chi connectivity index (χ4v) is 3.63. The average Bonchev–Trinajstić information content (AvgIpc) is 2.43. The second kappa shape index (κ2) is 7.46. The van der Waals surface area contributed by atoms with Gasteiger partial charge in [-0.1, -0.05) is 34.6 Å². The molecule has 0 aromatic carbocycles. The molecule has 3 unspecified atom stereocenters. The lowest BCUT2D eigenvalue weighted by Crippen LogP contribution is -2.58. The highest BCUT2D eigenvalue weighted by molar-refractivity contribution is 4.96. The van der Waals surface area contributed by atoms with Crippen LogP contribution in [0.5, 0.6) is 0 Å². The predicted octanol–water partition coefficient (Wildman–Crippen LogP) is 4.69. The van der Waals surface area contributed by atoms with Crippen LogP contribution in [0.2, 0.25) is 0 Å². The number of rotatable bonds is 6. The molecular weight excluding hydrogens is 256 g/mol. The van der Waals surface area contributed by atoms with Crippen LogP contribution in [-0.2, 0) is 0 Å². The van der Waals surface area contributed by atoms with Crippen LogP contribution in [-0.4, -0.2) is 36.1 Å². The first-order valence-electron chi connectivity index (χ1n) is 9.09. The molecule has 2 heteroatoms. The molecule has 0 radical (unpaired) electrons. The summed E-state index contributed by atoms with van der Waals surface area (Å²) >= 11 is 0. The maximum Gasteiger partial charge on any atom is 0.0254 e. The second-order valence-electron chi connectivity index (χ2n) is 8.78. The van der Waals surface area contributed by atoms with Crippen LogP contribution in [0.15, 0.2) is 0 Å². The Bertz CT molecular complexity index is 303. The SMILES string of the molecule is CCCNC1CCC(C(C)(C)C)CC1N(C)C(C)(C)CC. The summed E-state index contributed by atoms with van der Waals surface area (Å²) in [5.41, 5.74) is 0.724. The highest BCUT2D eigenvalue weighted by Crippen LogP contribution is 2.40. The Morgan fingerprint density at radius 2 is 1.67 bits per heavy atom. The molecule has 0 spiro atoms. The Morgan fingerprint density at radius 3 is 2.14 bits per heavy atom. The van der Waals surface area contributed by atoms with E-state index >= 15 is 0 Å². The summed E-state index contributed by atoms with van der Waals surface area (Å²) in [5, 5.41) is 3.83. The molecule has 0 aliphatic heterocycles. The molecule has 0 aromatic heterocycles. The van der Waals surface area contributed by atoms with Crippen molar-refractivity contribution in [2.75, 3.05) is 13.6 Å². The summed E-state index contributed by atoms with van der Waals surface area (Å²) in [4.78, 5) is 2.66. The van der Waals surface area contributed by atoms with Crippen molar-refractivity contribution in [2.24, 2.45) is 11.3 Å². The Morgan fingerprint density at radius 1 is 1.05 bits per heavy atom. The monoisotopic (exact) mass is 296 g/mol. The van der Waals surface area contributed by atoms with Gasteiger partial charge in [0.2, 0.25) is 0 Å². The zero-order valence-electron chi connectivity index (χ0n) is 15.9. The van der Waals surface area contributed by atoms with Crippen molar-refractivity contribution in [2.45, 2.75) is 98.2 Å². The lowest BCUT2D eigenvalue weighted by molar-refractivity contribution is 0.0171. The van der Waals surface area contributed by atoms with Gasteiger partial charge in [0.05, 0.1) is 0 Å². The number of hydrogen-bond donors (Lipinski definition) is 1. The van der Waals surface area contributed by atoms with Gasteiger partial charge in [-0.25, -0.2) is 0 Å². The maximum absolute atomic E-state index is 3.83. The van der Waals surface area contributed by atoms with Crippen LogP contribution in [0.4, 0.5) is 0 Å². The fourth-order valence-electron chi connectivity index (χ4n) is 3.63. The number of hydrogen-bond acceptors (Lipinski definition) is 2. The van der Waals surface area contributed by atoms with Gasteiger partial charge >= 0.3 is 0 Å². The van der Waals surface area contributed by atoms with Gasteiger partial charge in [-0.05, 0) is 70.9 Å². The van der Waals surface area contributed by atoms with E-state index in [0.29, 0.717) is 17.5 Å². The zero-order valence-corrected chi connectivity index (χ0v) is 15.9. The summed E-state index contributed by atoms with van der Waals surface area (Å²) < 4.78 is 0. The summed E-state index contributed by atoms with van der Waals surface area (Å²) in [6.45, 7) is 17.8. The summed E-state index contributed by atoms with van der Waals surface area (Å²) in [6, 6.07) is 1.34. The van der Waals surface area contributed by atoms with Crippen molar-refractivity contribution in [1.82, 2.24) is 10.2 Å². The third kappa shape index (κ3) is 4.96. The summed E-state index contributed by atoms with van der Waals surface area (Å²) in [6.07, 6.45) is 6.48. The third-order valence-electron chi connectivity index (χ3n) is 6.02. The number of nitrogens with zero attached hydrogens (tertiary/aromatic N) is 1. The smallest absolute Gasteiger partial charge is 0.0254 e. The molecule has 2 nitrogen and oxygen atoms in total. The second-order valence-corrected chi connectivity index (χ2v) is 8.78. The van der Waals surface area contributed by atoms with E-state index in [1.54, 1.807) is 0 Å². The van der Waals surface area contributed by atoms with Crippen molar-refractivity contribution in [3.05, 3.63) is 0 Å². The molecular formula is C19H40N2. The van der Waals surface area contributed by atoms with E-state index in [2.05, 4.69) is 65.7 Å². The summed E-state index contributed by atoms with van der Waals surface area (Å²) in [5.74, 6) is 0.845. The van der Waals surface area contributed by atoms with Crippen LogP contribution < -0.4 is 5.32 Å². The average molecular weight is 297 g/mol. The molecule has 0 heterocycles. The molecule has 1 aliphatic rings.